The highest BCUT2D eigenvalue weighted by Crippen LogP contribution is 1.81. The molecule has 0 atom stereocenters. The van der Waals surface area contributed by atoms with Crippen LogP contribution in [0.5, 0.6) is 0 Å². The lowest BCUT2D eigenvalue weighted by atomic mass is 10.3. The van der Waals surface area contributed by atoms with Crippen molar-refractivity contribution < 1.29 is 10.2 Å². The standard InChI is InChI=1S/C4H10.C2H6O2/c1-4(2)3;3-1-2-4/h4H,1-3H3;3-4H,1-2H2. The zero-order valence-electron chi connectivity index (χ0n) is 5.89. The summed E-state index contributed by atoms with van der Waals surface area (Å²) in [6.45, 7) is 6.25. The summed E-state index contributed by atoms with van der Waals surface area (Å²) in [6, 6.07) is 0. The molecular weight excluding hydrogens is 104 g/mol. The Balaban J connectivity index is 0. The molecule has 0 bridgehead atoms. The minimum absolute atomic E-state index is 0.125. The highest BCUT2D eigenvalue weighted by molar-refractivity contribution is 4.20. The number of hydrogen-bond donors (Lipinski definition) is 2. The van der Waals surface area contributed by atoms with E-state index >= 15 is 0 Å². The third-order valence-electron chi connectivity index (χ3n) is 0.1000. The molecule has 0 amide bonds. The van der Waals surface area contributed by atoms with Crippen molar-refractivity contribution in [2.24, 2.45) is 5.92 Å². The summed E-state index contributed by atoms with van der Waals surface area (Å²) in [6.07, 6.45) is 0. The molecule has 0 aromatic carbocycles. The van der Waals surface area contributed by atoms with Crippen molar-refractivity contribution in [2.45, 2.75) is 20.8 Å². The van der Waals surface area contributed by atoms with Gasteiger partial charge < -0.3 is 10.2 Å². The van der Waals surface area contributed by atoms with Crippen molar-refractivity contribution in [1.82, 2.24) is 0 Å². The van der Waals surface area contributed by atoms with Crippen LogP contribution in [0, 0.1) is 5.92 Å². The maximum absolute atomic E-state index is 7.62. The molecule has 0 aliphatic rings. The molecule has 0 fully saturated rings. The number of aliphatic hydroxyl groups is 2. The monoisotopic (exact) mass is 120 g/mol. The van der Waals surface area contributed by atoms with Crippen molar-refractivity contribution in [3.05, 3.63) is 0 Å². The van der Waals surface area contributed by atoms with Gasteiger partial charge in [0.25, 0.3) is 0 Å². The van der Waals surface area contributed by atoms with E-state index in [4.69, 9.17) is 10.2 Å². The lowest BCUT2D eigenvalue weighted by Crippen LogP contribution is -1.85. The quantitative estimate of drug-likeness (QED) is 0.533. The molecule has 0 aromatic rings. The van der Waals surface area contributed by atoms with Crippen LogP contribution >= 0.6 is 0 Å². The molecule has 0 radical (unpaired) electrons. The molecule has 52 valence electrons. The SMILES string of the molecule is CC(C)C.OCCO. The summed E-state index contributed by atoms with van der Waals surface area (Å²) in [4.78, 5) is 0. The van der Waals surface area contributed by atoms with E-state index in [1.807, 2.05) is 0 Å². The Bertz CT molecular complexity index is 23.0. The van der Waals surface area contributed by atoms with Gasteiger partial charge in [-0.2, -0.15) is 0 Å². The fourth-order valence-electron chi connectivity index (χ4n) is 0. The van der Waals surface area contributed by atoms with E-state index in [-0.39, 0.29) is 13.2 Å². The molecule has 0 saturated heterocycles. The number of rotatable bonds is 1. The fraction of sp³-hybridized carbons (Fsp3) is 1.00. The molecule has 0 aliphatic heterocycles. The van der Waals surface area contributed by atoms with Crippen LogP contribution in [0.25, 0.3) is 0 Å². The summed E-state index contributed by atoms with van der Waals surface area (Å²) >= 11 is 0. The highest BCUT2D eigenvalue weighted by Gasteiger charge is 1.68. The largest absolute Gasteiger partial charge is 0.394 e. The molecule has 0 aromatic heterocycles. The van der Waals surface area contributed by atoms with Crippen molar-refractivity contribution >= 4 is 0 Å². The van der Waals surface area contributed by atoms with Gasteiger partial charge in [-0.1, -0.05) is 20.8 Å². The Hall–Kier alpha value is -0.0800. The van der Waals surface area contributed by atoms with Gasteiger partial charge in [-0.25, -0.2) is 0 Å². The summed E-state index contributed by atoms with van der Waals surface area (Å²) in [5.41, 5.74) is 0. The topological polar surface area (TPSA) is 40.5 Å². The second-order valence-corrected chi connectivity index (χ2v) is 2.18. The van der Waals surface area contributed by atoms with E-state index in [2.05, 4.69) is 20.8 Å². The molecule has 0 unspecified atom stereocenters. The Labute approximate surface area is 51.2 Å². The lowest BCUT2D eigenvalue weighted by Gasteiger charge is -1.79. The Morgan fingerprint density at radius 2 is 1.12 bits per heavy atom. The van der Waals surface area contributed by atoms with Gasteiger partial charge in [0.2, 0.25) is 0 Å². The predicted molar refractivity (Wildman–Crippen MR) is 34.7 cm³/mol. The molecule has 0 aliphatic carbocycles. The van der Waals surface area contributed by atoms with Crippen LogP contribution in [0.4, 0.5) is 0 Å². The van der Waals surface area contributed by atoms with E-state index in [1.165, 1.54) is 0 Å². The lowest BCUT2D eigenvalue weighted by molar-refractivity contribution is 0.186. The maximum Gasteiger partial charge on any atom is 0.0662 e. The van der Waals surface area contributed by atoms with Gasteiger partial charge in [-0.3, -0.25) is 0 Å². The van der Waals surface area contributed by atoms with Crippen LogP contribution in [0.3, 0.4) is 0 Å². The minimum Gasteiger partial charge on any atom is -0.394 e. The average Bonchev–Trinajstić information content (AvgIpc) is 1.65. The number of aliphatic hydroxyl groups excluding tert-OH is 2. The Morgan fingerprint density at radius 3 is 1.12 bits per heavy atom. The normalized spacial score (nSPS) is 8.25. The van der Waals surface area contributed by atoms with E-state index in [0.717, 1.165) is 5.92 Å². The summed E-state index contributed by atoms with van der Waals surface area (Å²) in [5, 5.41) is 15.2. The van der Waals surface area contributed by atoms with E-state index in [1.54, 1.807) is 0 Å². The van der Waals surface area contributed by atoms with Crippen molar-refractivity contribution in [3.63, 3.8) is 0 Å². The van der Waals surface area contributed by atoms with Gasteiger partial charge in [-0.05, 0) is 5.92 Å². The average molecular weight is 120 g/mol. The fourth-order valence-corrected chi connectivity index (χ4v) is 0. The number of hydrogen-bond acceptors (Lipinski definition) is 2. The van der Waals surface area contributed by atoms with Gasteiger partial charge in [0.05, 0.1) is 13.2 Å². The second kappa shape index (κ2) is 10.0. The van der Waals surface area contributed by atoms with Gasteiger partial charge >= 0.3 is 0 Å². The third kappa shape index (κ3) is 169. The first kappa shape index (κ1) is 10.8. The summed E-state index contributed by atoms with van der Waals surface area (Å²) < 4.78 is 0. The van der Waals surface area contributed by atoms with Crippen LogP contribution in [0.1, 0.15) is 20.8 Å². The Morgan fingerprint density at radius 1 is 1.00 bits per heavy atom. The molecule has 2 N–H and O–H groups in total. The smallest absolute Gasteiger partial charge is 0.0662 e. The van der Waals surface area contributed by atoms with Crippen LogP contribution in [-0.2, 0) is 0 Å². The first-order valence-electron chi connectivity index (χ1n) is 2.86. The van der Waals surface area contributed by atoms with Gasteiger partial charge in [0, 0.05) is 0 Å². The molecule has 2 nitrogen and oxygen atoms in total. The van der Waals surface area contributed by atoms with Crippen LogP contribution in [0.15, 0.2) is 0 Å². The first-order chi connectivity index (χ1) is 3.65. The zero-order chi connectivity index (χ0) is 6.99. The predicted octanol–water partition coefficient (Wildman–Crippen LogP) is 0.633. The molecule has 8 heavy (non-hydrogen) atoms. The summed E-state index contributed by atoms with van der Waals surface area (Å²) in [5.74, 6) is 0.833. The van der Waals surface area contributed by atoms with Crippen molar-refractivity contribution in [1.29, 1.82) is 0 Å². The minimum atomic E-state index is -0.125. The van der Waals surface area contributed by atoms with Crippen molar-refractivity contribution in [2.75, 3.05) is 13.2 Å². The van der Waals surface area contributed by atoms with Gasteiger partial charge in [-0.15, -0.1) is 0 Å². The van der Waals surface area contributed by atoms with Crippen LogP contribution in [0.2, 0.25) is 0 Å². The third-order valence-corrected chi connectivity index (χ3v) is 0.1000. The van der Waals surface area contributed by atoms with E-state index in [0.29, 0.717) is 0 Å². The molecule has 0 spiro atoms. The molecule has 0 saturated carbocycles. The van der Waals surface area contributed by atoms with Crippen LogP contribution in [-0.4, -0.2) is 23.4 Å². The highest BCUT2D eigenvalue weighted by atomic mass is 16.3. The van der Waals surface area contributed by atoms with Crippen molar-refractivity contribution in [3.8, 4) is 0 Å². The molecule has 2 heteroatoms. The van der Waals surface area contributed by atoms with Gasteiger partial charge in [0.15, 0.2) is 0 Å². The van der Waals surface area contributed by atoms with E-state index in [9.17, 15) is 0 Å². The second-order valence-electron chi connectivity index (χ2n) is 2.18. The molecular formula is C6H16O2. The van der Waals surface area contributed by atoms with E-state index < -0.39 is 0 Å². The first-order valence-corrected chi connectivity index (χ1v) is 2.86. The summed E-state index contributed by atoms with van der Waals surface area (Å²) in [7, 11) is 0. The zero-order valence-corrected chi connectivity index (χ0v) is 5.89. The van der Waals surface area contributed by atoms with Gasteiger partial charge in [0.1, 0.15) is 0 Å². The maximum atomic E-state index is 7.62. The molecule has 0 heterocycles. The van der Waals surface area contributed by atoms with Crippen LogP contribution < -0.4 is 0 Å². The molecule has 0 rings (SSSR count). The Kier molecular flexibility index (Phi) is 13.6.